The van der Waals surface area contributed by atoms with Crippen LogP contribution < -0.4 is 0 Å². The van der Waals surface area contributed by atoms with Crippen LogP contribution in [0.1, 0.15) is 67.7 Å². The third-order valence-electron chi connectivity index (χ3n) is 10.3. The predicted molar refractivity (Wildman–Crippen MR) is 165 cm³/mol. The molecule has 2 amide bonds. The fourth-order valence-corrected chi connectivity index (χ4v) is 16.0. The fraction of sp³-hybridized carbons (Fsp3) is 0.828. The third-order valence-corrected chi connectivity index (χ3v) is 21.9. The van der Waals surface area contributed by atoms with Crippen molar-refractivity contribution in [3.63, 3.8) is 0 Å². The van der Waals surface area contributed by atoms with E-state index in [0.29, 0.717) is 13.0 Å². The Balaban J connectivity index is 1.90. The summed E-state index contributed by atoms with van der Waals surface area (Å²) in [4.78, 5) is 42.3. The summed E-state index contributed by atoms with van der Waals surface area (Å²) in [6.45, 7) is 19.9. The number of nitrogens with zero attached hydrogens (tertiary/aromatic N) is 2. The van der Waals surface area contributed by atoms with Gasteiger partial charge in [-0.15, -0.1) is 0 Å². The average Bonchev–Trinajstić information content (AvgIpc) is 3.58. The van der Waals surface area contributed by atoms with Crippen LogP contribution in [0.2, 0.25) is 36.3 Å². The van der Waals surface area contributed by atoms with Gasteiger partial charge < -0.3 is 18.6 Å². The lowest BCUT2D eigenvalue weighted by molar-refractivity contribution is -0.158. The SMILES string of the molecule is C=CCOC(=O)N1CCC[C@H]1C1C[C@@H]([C@@H]2[C@@H]([C@@H](C)O[Si](CC)(CC)CC)C(=O)N2[Si](CC)(CC)CC)C(=O)S1. The van der Waals surface area contributed by atoms with Gasteiger partial charge in [0, 0.05) is 29.8 Å². The molecule has 0 bridgehead atoms. The third kappa shape index (κ3) is 6.09. The summed E-state index contributed by atoms with van der Waals surface area (Å²) in [7, 11) is -3.96. The van der Waals surface area contributed by atoms with Gasteiger partial charge in [-0.3, -0.25) is 9.59 Å². The molecule has 6 atom stereocenters. The number of thioether (sulfide) groups is 1. The van der Waals surface area contributed by atoms with Gasteiger partial charge in [-0.1, -0.05) is 66.0 Å². The van der Waals surface area contributed by atoms with Crippen molar-refractivity contribution in [3.05, 3.63) is 12.7 Å². The molecule has 0 spiro atoms. The molecule has 3 rings (SSSR count). The summed E-state index contributed by atoms with van der Waals surface area (Å²) < 4.78 is 14.5. The smallest absolute Gasteiger partial charge is 0.410 e. The molecule has 222 valence electrons. The molecule has 0 aliphatic carbocycles. The van der Waals surface area contributed by atoms with Crippen LogP contribution >= 0.6 is 11.8 Å². The van der Waals surface area contributed by atoms with E-state index in [1.54, 1.807) is 6.08 Å². The summed E-state index contributed by atoms with van der Waals surface area (Å²) in [5.41, 5.74) is 0. The van der Waals surface area contributed by atoms with Crippen LogP contribution in [-0.4, -0.2) is 79.7 Å². The molecular weight excluding hydrogens is 545 g/mol. The van der Waals surface area contributed by atoms with Gasteiger partial charge in [-0.05, 0) is 62.5 Å². The molecule has 3 aliphatic heterocycles. The molecule has 39 heavy (non-hydrogen) atoms. The predicted octanol–water partition coefficient (Wildman–Crippen LogP) is 6.66. The number of hydrogen-bond acceptors (Lipinski definition) is 6. The van der Waals surface area contributed by atoms with Gasteiger partial charge in [0.15, 0.2) is 21.7 Å². The highest BCUT2D eigenvalue weighted by Crippen LogP contribution is 2.50. The molecule has 0 aromatic carbocycles. The van der Waals surface area contributed by atoms with Gasteiger partial charge in [-0.2, -0.15) is 0 Å². The highest BCUT2D eigenvalue weighted by molar-refractivity contribution is 8.14. The highest BCUT2D eigenvalue weighted by atomic mass is 32.2. The van der Waals surface area contributed by atoms with Crippen molar-refractivity contribution in [2.24, 2.45) is 11.8 Å². The molecule has 1 unspecified atom stereocenters. The van der Waals surface area contributed by atoms with Crippen molar-refractivity contribution in [2.45, 2.75) is 127 Å². The Morgan fingerprint density at radius 3 is 2.23 bits per heavy atom. The van der Waals surface area contributed by atoms with E-state index in [4.69, 9.17) is 9.16 Å². The minimum Gasteiger partial charge on any atom is -0.445 e. The largest absolute Gasteiger partial charge is 0.445 e. The minimum atomic E-state index is -2.04. The van der Waals surface area contributed by atoms with Crippen LogP contribution in [0.5, 0.6) is 0 Å². The zero-order chi connectivity index (χ0) is 29.0. The molecule has 3 heterocycles. The topological polar surface area (TPSA) is 76.2 Å². The van der Waals surface area contributed by atoms with Gasteiger partial charge in [0.2, 0.25) is 5.91 Å². The maximum absolute atomic E-state index is 14.0. The Hall–Kier alpha value is -1.11. The summed E-state index contributed by atoms with van der Waals surface area (Å²) in [6.07, 6.45) is 3.58. The first-order chi connectivity index (χ1) is 18.6. The molecular formula is C29H52N2O5SSi2. The molecule has 0 aromatic rings. The fourth-order valence-electron chi connectivity index (χ4n) is 7.48. The normalized spacial score (nSPS) is 28.5. The number of hydrogen-bond donors (Lipinski definition) is 0. The van der Waals surface area contributed by atoms with Crippen molar-refractivity contribution in [2.75, 3.05) is 13.2 Å². The lowest BCUT2D eigenvalue weighted by Crippen LogP contribution is -2.76. The van der Waals surface area contributed by atoms with Gasteiger partial charge in [0.25, 0.3) is 0 Å². The average molecular weight is 597 g/mol. The standard InChI is InChI=1S/C29H52N2O5SSi2/c1-9-19-35-29(34)30-18-16-17-23(30)24-20-22(28(33)37-24)26-25(21(8)36-39(13-5,14-6)15-7)27(32)31(26)38(10-2,11-3)12-4/h9,21-26H,1,10-20H2,2-8H3/t21-,22+,23+,24?,25-,26-/m1/s1. The van der Waals surface area contributed by atoms with Crippen molar-refractivity contribution >= 4 is 45.4 Å². The summed E-state index contributed by atoms with van der Waals surface area (Å²) in [6, 6.07) is 6.03. The zero-order valence-electron chi connectivity index (χ0n) is 25.4. The lowest BCUT2D eigenvalue weighted by atomic mass is 9.76. The number of rotatable bonds is 14. The van der Waals surface area contributed by atoms with Gasteiger partial charge in [0.05, 0.1) is 12.0 Å². The van der Waals surface area contributed by atoms with Gasteiger partial charge in [0.1, 0.15) is 6.61 Å². The lowest BCUT2D eigenvalue weighted by Gasteiger charge is -2.59. The van der Waals surface area contributed by atoms with E-state index in [9.17, 15) is 14.4 Å². The van der Waals surface area contributed by atoms with E-state index in [1.807, 2.05) is 4.90 Å². The molecule has 0 saturated carbocycles. The van der Waals surface area contributed by atoms with Crippen LogP contribution in [-0.2, 0) is 18.8 Å². The monoisotopic (exact) mass is 596 g/mol. The highest BCUT2D eigenvalue weighted by Gasteiger charge is 2.62. The van der Waals surface area contributed by atoms with Gasteiger partial charge >= 0.3 is 6.09 Å². The minimum absolute atomic E-state index is 0.0107. The Morgan fingerprint density at radius 2 is 1.69 bits per heavy atom. The van der Waals surface area contributed by atoms with E-state index in [-0.39, 0.29) is 59.0 Å². The molecule has 7 nitrogen and oxygen atoms in total. The molecule has 3 aliphatic rings. The number of ether oxygens (including phenoxy) is 1. The van der Waals surface area contributed by atoms with Crippen LogP contribution in [0.15, 0.2) is 12.7 Å². The molecule has 0 radical (unpaired) electrons. The van der Waals surface area contributed by atoms with Crippen molar-refractivity contribution in [1.29, 1.82) is 0 Å². The van der Waals surface area contributed by atoms with E-state index in [2.05, 4.69) is 59.6 Å². The summed E-state index contributed by atoms with van der Waals surface area (Å²) >= 11 is 1.41. The second-order valence-electron chi connectivity index (χ2n) is 11.7. The maximum atomic E-state index is 14.0. The van der Waals surface area contributed by atoms with Crippen molar-refractivity contribution < 1.29 is 23.5 Å². The van der Waals surface area contributed by atoms with Crippen molar-refractivity contribution in [1.82, 2.24) is 9.47 Å². The Bertz CT molecular complexity index is 880. The molecule has 10 heteroatoms. The Kier molecular flexibility index (Phi) is 11.4. The number of likely N-dealkylation sites (tertiary alicyclic amines) is 1. The van der Waals surface area contributed by atoms with E-state index in [1.165, 1.54) is 11.8 Å². The quantitative estimate of drug-likeness (QED) is 0.127. The number of carbonyl (C=O) groups is 3. The van der Waals surface area contributed by atoms with E-state index >= 15 is 0 Å². The first kappa shape index (κ1) is 32.4. The van der Waals surface area contributed by atoms with E-state index in [0.717, 1.165) is 49.1 Å². The summed E-state index contributed by atoms with van der Waals surface area (Å²) in [5.74, 6) is -0.255. The number of carbonyl (C=O) groups excluding carboxylic acids is 3. The summed E-state index contributed by atoms with van der Waals surface area (Å²) in [5, 5.41) is 0.217. The number of β-lactam (4-membered cyclic amide) rings is 1. The van der Waals surface area contributed by atoms with Crippen LogP contribution in [0.3, 0.4) is 0 Å². The molecule has 3 saturated heterocycles. The van der Waals surface area contributed by atoms with E-state index < -0.39 is 16.6 Å². The Morgan fingerprint density at radius 1 is 1.08 bits per heavy atom. The second-order valence-corrected chi connectivity index (χ2v) is 22.7. The van der Waals surface area contributed by atoms with Crippen LogP contribution in [0, 0.1) is 11.8 Å². The molecule has 0 N–H and O–H groups in total. The molecule has 3 fully saturated rings. The zero-order valence-corrected chi connectivity index (χ0v) is 28.2. The molecule has 0 aromatic heterocycles. The van der Waals surface area contributed by atoms with Crippen LogP contribution in [0.25, 0.3) is 0 Å². The van der Waals surface area contributed by atoms with Gasteiger partial charge in [-0.25, -0.2) is 4.79 Å². The Labute approximate surface area is 243 Å². The van der Waals surface area contributed by atoms with Crippen LogP contribution in [0.4, 0.5) is 4.79 Å². The first-order valence-corrected chi connectivity index (χ1v) is 21.4. The number of amides is 2. The van der Waals surface area contributed by atoms with Crippen molar-refractivity contribution in [3.8, 4) is 0 Å². The maximum Gasteiger partial charge on any atom is 0.410 e. The second kappa shape index (κ2) is 13.7. The first-order valence-electron chi connectivity index (χ1n) is 15.4.